The van der Waals surface area contributed by atoms with Gasteiger partial charge in [0.15, 0.2) is 11.8 Å². The van der Waals surface area contributed by atoms with E-state index < -0.39 is 29.2 Å². The number of nitrogens with zero attached hydrogens (tertiary/aromatic N) is 2. The zero-order valence-corrected chi connectivity index (χ0v) is 17.1. The van der Waals surface area contributed by atoms with E-state index in [0.717, 1.165) is 6.42 Å². The van der Waals surface area contributed by atoms with Gasteiger partial charge in [0.1, 0.15) is 5.82 Å². The largest absolute Gasteiger partial charge is 0.448 e. The second kappa shape index (κ2) is 8.98. The molecule has 0 saturated carbocycles. The van der Waals surface area contributed by atoms with Gasteiger partial charge in [0.2, 0.25) is 0 Å². The predicted molar refractivity (Wildman–Crippen MR) is 113 cm³/mol. The third kappa shape index (κ3) is 4.00. The molecule has 3 rings (SSSR count). The Morgan fingerprint density at radius 3 is 2.67 bits per heavy atom. The number of aromatic nitrogens is 2. The standard InChI is InChI=1S/C21H26N4O5/c1-3-5-11-24(16-17(22)25(10-4-2)21(29)23-18(16)26)19(27)15-12-13-8-6-7-9-14(13)20(28)30-15/h6-9,15H,3-5,10-12,22H2,1-2H3,(H,23,26,29). The summed E-state index contributed by atoms with van der Waals surface area (Å²) >= 11 is 0. The zero-order valence-electron chi connectivity index (χ0n) is 17.1. The summed E-state index contributed by atoms with van der Waals surface area (Å²) < 4.78 is 6.63. The lowest BCUT2D eigenvalue weighted by molar-refractivity contribution is -0.127. The van der Waals surface area contributed by atoms with Crippen molar-refractivity contribution in [1.29, 1.82) is 0 Å². The average molecular weight is 414 g/mol. The molecule has 0 bridgehead atoms. The molecule has 1 amide bonds. The number of benzene rings is 1. The Morgan fingerprint density at radius 1 is 1.23 bits per heavy atom. The van der Waals surface area contributed by atoms with E-state index in [-0.39, 0.29) is 24.5 Å². The molecular weight excluding hydrogens is 388 g/mol. The highest BCUT2D eigenvalue weighted by Gasteiger charge is 2.36. The van der Waals surface area contributed by atoms with E-state index in [0.29, 0.717) is 30.5 Å². The van der Waals surface area contributed by atoms with Crippen LogP contribution in [0.4, 0.5) is 11.5 Å². The molecule has 1 aliphatic rings. The number of amides is 1. The summed E-state index contributed by atoms with van der Waals surface area (Å²) in [6, 6.07) is 6.94. The summed E-state index contributed by atoms with van der Waals surface area (Å²) in [5, 5.41) is 0. The number of H-pyrrole nitrogens is 1. The van der Waals surface area contributed by atoms with Crippen molar-refractivity contribution in [3.63, 3.8) is 0 Å². The molecule has 9 heteroatoms. The molecule has 1 aromatic carbocycles. The van der Waals surface area contributed by atoms with Gasteiger partial charge in [-0.1, -0.05) is 38.5 Å². The van der Waals surface area contributed by atoms with Gasteiger partial charge in [0.25, 0.3) is 11.5 Å². The first-order chi connectivity index (χ1) is 14.4. The molecule has 0 spiro atoms. The number of hydrogen-bond acceptors (Lipinski definition) is 6. The number of nitrogen functional groups attached to an aromatic ring is 1. The fourth-order valence-electron chi connectivity index (χ4n) is 3.58. The molecule has 1 atom stereocenters. The average Bonchev–Trinajstić information content (AvgIpc) is 2.72. The summed E-state index contributed by atoms with van der Waals surface area (Å²) in [6.07, 6.45) is 1.12. The monoisotopic (exact) mass is 414 g/mol. The van der Waals surface area contributed by atoms with Crippen LogP contribution in [0.5, 0.6) is 0 Å². The van der Waals surface area contributed by atoms with Crippen molar-refractivity contribution in [3.8, 4) is 0 Å². The third-order valence-corrected chi connectivity index (χ3v) is 5.10. The normalized spacial score (nSPS) is 15.4. The van der Waals surface area contributed by atoms with Crippen LogP contribution in [0.15, 0.2) is 33.9 Å². The SMILES string of the molecule is CCCCN(C(=O)C1Cc2ccccc2C(=O)O1)c1c(N)n(CCC)c(=O)[nH]c1=O. The highest BCUT2D eigenvalue weighted by atomic mass is 16.5. The highest BCUT2D eigenvalue weighted by Crippen LogP contribution is 2.25. The lowest BCUT2D eigenvalue weighted by Crippen LogP contribution is -2.48. The number of esters is 1. The van der Waals surface area contributed by atoms with Crippen LogP contribution in [0.3, 0.4) is 0 Å². The van der Waals surface area contributed by atoms with Crippen molar-refractivity contribution in [3.05, 3.63) is 56.2 Å². The summed E-state index contributed by atoms with van der Waals surface area (Å²) in [5.74, 6) is -1.19. The topological polar surface area (TPSA) is 127 Å². The number of fused-ring (bicyclic) bond motifs is 1. The molecule has 0 radical (unpaired) electrons. The first kappa shape index (κ1) is 21.4. The molecule has 0 fully saturated rings. The molecular formula is C21H26N4O5. The number of carbonyl (C=O) groups is 2. The Balaban J connectivity index is 2.03. The summed E-state index contributed by atoms with van der Waals surface area (Å²) in [6.45, 7) is 4.33. The van der Waals surface area contributed by atoms with Crippen LogP contribution in [0.25, 0.3) is 0 Å². The van der Waals surface area contributed by atoms with Crippen LogP contribution in [0.1, 0.15) is 49.0 Å². The molecule has 1 aliphatic heterocycles. The van der Waals surface area contributed by atoms with Crippen molar-refractivity contribution in [2.45, 2.75) is 52.2 Å². The summed E-state index contributed by atoms with van der Waals surface area (Å²) in [5.41, 5.74) is 5.84. The van der Waals surface area contributed by atoms with Crippen molar-refractivity contribution >= 4 is 23.4 Å². The Labute approximate surface area is 173 Å². The first-order valence-corrected chi connectivity index (χ1v) is 10.1. The summed E-state index contributed by atoms with van der Waals surface area (Å²) in [7, 11) is 0. The zero-order chi connectivity index (χ0) is 21.8. The van der Waals surface area contributed by atoms with Crippen LogP contribution in [-0.2, 0) is 22.5 Å². The van der Waals surface area contributed by atoms with Crippen LogP contribution in [-0.4, -0.2) is 34.1 Å². The number of unbranched alkanes of at least 4 members (excludes halogenated alkanes) is 1. The molecule has 160 valence electrons. The summed E-state index contributed by atoms with van der Waals surface area (Å²) in [4.78, 5) is 54.0. The van der Waals surface area contributed by atoms with Crippen LogP contribution >= 0.6 is 0 Å². The van der Waals surface area contributed by atoms with E-state index in [4.69, 9.17) is 10.5 Å². The van der Waals surface area contributed by atoms with Crippen molar-refractivity contribution < 1.29 is 14.3 Å². The fraction of sp³-hybridized carbons (Fsp3) is 0.429. The maximum Gasteiger partial charge on any atom is 0.339 e. The molecule has 9 nitrogen and oxygen atoms in total. The molecule has 0 aliphatic carbocycles. The number of carbonyl (C=O) groups excluding carboxylic acids is 2. The minimum absolute atomic E-state index is 0.0717. The van der Waals surface area contributed by atoms with Gasteiger partial charge in [-0.3, -0.25) is 19.1 Å². The second-order valence-electron chi connectivity index (χ2n) is 7.24. The third-order valence-electron chi connectivity index (χ3n) is 5.10. The van der Waals surface area contributed by atoms with Gasteiger partial charge in [0.05, 0.1) is 5.56 Å². The number of anilines is 2. The van der Waals surface area contributed by atoms with E-state index in [1.54, 1.807) is 24.3 Å². The lowest BCUT2D eigenvalue weighted by atomic mass is 9.98. The van der Waals surface area contributed by atoms with Crippen LogP contribution < -0.4 is 21.9 Å². The molecule has 30 heavy (non-hydrogen) atoms. The minimum Gasteiger partial charge on any atom is -0.448 e. The Morgan fingerprint density at radius 2 is 1.97 bits per heavy atom. The van der Waals surface area contributed by atoms with Crippen molar-refractivity contribution in [1.82, 2.24) is 9.55 Å². The fourth-order valence-corrected chi connectivity index (χ4v) is 3.58. The molecule has 2 aromatic rings. The van der Waals surface area contributed by atoms with Gasteiger partial charge in [-0.05, 0) is 24.5 Å². The number of ether oxygens (including phenoxy) is 1. The number of rotatable bonds is 7. The van der Waals surface area contributed by atoms with E-state index in [9.17, 15) is 19.2 Å². The van der Waals surface area contributed by atoms with Crippen molar-refractivity contribution in [2.24, 2.45) is 0 Å². The van der Waals surface area contributed by atoms with Crippen LogP contribution in [0.2, 0.25) is 0 Å². The molecule has 2 heterocycles. The van der Waals surface area contributed by atoms with Gasteiger partial charge in [-0.2, -0.15) is 0 Å². The van der Waals surface area contributed by atoms with E-state index in [1.165, 1.54) is 9.47 Å². The predicted octanol–water partition coefficient (Wildman–Crippen LogP) is 1.44. The first-order valence-electron chi connectivity index (χ1n) is 10.1. The number of nitrogens with one attached hydrogen (secondary N) is 1. The lowest BCUT2D eigenvalue weighted by Gasteiger charge is -2.30. The Bertz CT molecular complexity index is 1070. The molecule has 0 saturated heterocycles. The van der Waals surface area contributed by atoms with Gasteiger partial charge < -0.3 is 15.4 Å². The van der Waals surface area contributed by atoms with Gasteiger partial charge in [-0.15, -0.1) is 0 Å². The molecule has 1 aromatic heterocycles. The van der Waals surface area contributed by atoms with E-state index in [2.05, 4.69) is 4.98 Å². The van der Waals surface area contributed by atoms with Gasteiger partial charge in [-0.25, -0.2) is 9.59 Å². The quantitative estimate of drug-likeness (QED) is 0.660. The number of nitrogens with two attached hydrogens (primary N) is 1. The second-order valence-corrected chi connectivity index (χ2v) is 7.24. The smallest absolute Gasteiger partial charge is 0.339 e. The van der Waals surface area contributed by atoms with Crippen LogP contribution in [0, 0.1) is 0 Å². The Hall–Kier alpha value is -3.36. The number of hydrogen-bond donors (Lipinski definition) is 2. The van der Waals surface area contributed by atoms with Gasteiger partial charge in [0, 0.05) is 19.5 Å². The highest BCUT2D eigenvalue weighted by molar-refractivity contribution is 6.02. The van der Waals surface area contributed by atoms with E-state index in [1.807, 2.05) is 13.8 Å². The maximum absolute atomic E-state index is 13.4. The maximum atomic E-state index is 13.4. The van der Waals surface area contributed by atoms with Crippen molar-refractivity contribution in [2.75, 3.05) is 17.2 Å². The minimum atomic E-state index is -1.07. The van der Waals surface area contributed by atoms with E-state index >= 15 is 0 Å². The number of cyclic esters (lactones) is 1. The molecule has 1 unspecified atom stereocenters. The van der Waals surface area contributed by atoms with Gasteiger partial charge >= 0.3 is 11.7 Å². The number of aromatic amines is 1. The Kier molecular flexibility index (Phi) is 6.39. The molecule has 3 N–H and O–H groups in total.